The Hall–Kier alpha value is -3.94. The summed E-state index contributed by atoms with van der Waals surface area (Å²) < 4.78 is 0. The average molecular weight is 510 g/mol. The fourth-order valence-corrected chi connectivity index (χ4v) is 5.44. The first-order chi connectivity index (χ1) is 18.5. The molecule has 1 aliphatic heterocycles. The van der Waals surface area contributed by atoms with E-state index < -0.39 is 0 Å². The lowest BCUT2D eigenvalue weighted by Gasteiger charge is -2.32. The van der Waals surface area contributed by atoms with Gasteiger partial charge in [-0.2, -0.15) is 5.10 Å². The van der Waals surface area contributed by atoms with Gasteiger partial charge in [0.15, 0.2) is 11.5 Å². The molecule has 1 aromatic carbocycles. The predicted molar refractivity (Wildman–Crippen MR) is 151 cm³/mol. The number of rotatable bonds is 6. The molecular weight excluding hydrogens is 474 g/mol. The summed E-state index contributed by atoms with van der Waals surface area (Å²) >= 11 is 0. The van der Waals surface area contributed by atoms with Gasteiger partial charge in [-0.25, -0.2) is 9.97 Å². The van der Waals surface area contributed by atoms with E-state index in [4.69, 9.17) is 4.98 Å². The summed E-state index contributed by atoms with van der Waals surface area (Å²) in [4.78, 5) is 28.2. The van der Waals surface area contributed by atoms with E-state index in [1.165, 1.54) is 30.7 Å². The number of nitrogens with zero attached hydrogens (tertiary/aromatic N) is 4. The molecule has 8 heteroatoms. The maximum atomic E-state index is 12.4. The summed E-state index contributed by atoms with van der Waals surface area (Å²) in [6, 6.07) is 8.34. The van der Waals surface area contributed by atoms with Crippen molar-refractivity contribution in [1.82, 2.24) is 30.0 Å². The largest absolute Gasteiger partial charge is 0.370 e. The number of carbonyl (C=O) groups is 1. The Labute approximate surface area is 223 Å². The topological polar surface area (TPSA) is 103 Å². The maximum absolute atomic E-state index is 12.4. The molecule has 38 heavy (non-hydrogen) atoms. The number of aromatic nitrogens is 5. The maximum Gasteiger partial charge on any atom is 0.226 e. The summed E-state index contributed by atoms with van der Waals surface area (Å²) in [5.41, 5.74) is 8.98. The number of hydrogen-bond donors (Lipinski definition) is 3. The normalized spacial score (nSPS) is 15.6. The van der Waals surface area contributed by atoms with Crippen LogP contribution in [0.4, 0.5) is 5.69 Å². The van der Waals surface area contributed by atoms with Crippen molar-refractivity contribution in [1.29, 1.82) is 0 Å². The van der Waals surface area contributed by atoms with E-state index in [1.54, 1.807) is 0 Å². The van der Waals surface area contributed by atoms with Crippen molar-refractivity contribution < 1.29 is 4.79 Å². The van der Waals surface area contributed by atoms with Crippen LogP contribution in [0.3, 0.4) is 0 Å². The molecule has 0 bridgehead atoms. The van der Waals surface area contributed by atoms with Crippen LogP contribution in [-0.4, -0.2) is 49.0 Å². The van der Waals surface area contributed by atoms with E-state index in [2.05, 4.69) is 55.5 Å². The van der Waals surface area contributed by atoms with Gasteiger partial charge in [0.2, 0.25) is 5.91 Å². The number of imidazole rings is 1. The number of amides is 1. The number of aryl methyl sites for hydroxylation is 2. The van der Waals surface area contributed by atoms with Gasteiger partial charge >= 0.3 is 0 Å². The van der Waals surface area contributed by atoms with Crippen molar-refractivity contribution >= 4 is 28.3 Å². The zero-order valence-corrected chi connectivity index (χ0v) is 22.4. The number of pyridine rings is 1. The molecule has 0 radical (unpaired) electrons. The molecule has 1 amide bonds. The second kappa shape index (κ2) is 10.1. The standard InChI is InChI=1S/C30H35N7O/c1-4-19-13-20(15-22(14-19)32-30(38)18(2)3)21-16-23-26(35-36-28(23)31-17-21)29-33-24-9-8-10-25(27(24)34-29)37-11-6-5-7-12-37/h10,13-18H,4-9,11-12H2,1-3H3,(H,32,38)(H,33,34)(H,31,35,36). The van der Waals surface area contributed by atoms with Gasteiger partial charge in [0, 0.05) is 42.1 Å². The van der Waals surface area contributed by atoms with Crippen LogP contribution in [-0.2, 0) is 17.6 Å². The van der Waals surface area contributed by atoms with Crippen molar-refractivity contribution in [2.75, 3.05) is 18.4 Å². The Bertz CT molecular complexity index is 1520. The smallest absolute Gasteiger partial charge is 0.226 e. The highest BCUT2D eigenvalue weighted by atomic mass is 16.1. The van der Waals surface area contributed by atoms with Gasteiger partial charge in [-0.05, 0) is 67.9 Å². The van der Waals surface area contributed by atoms with Gasteiger partial charge < -0.3 is 15.2 Å². The highest BCUT2D eigenvalue weighted by Crippen LogP contribution is 2.34. The van der Waals surface area contributed by atoms with Crippen LogP contribution in [0.15, 0.2) is 36.5 Å². The summed E-state index contributed by atoms with van der Waals surface area (Å²) in [6.45, 7) is 8.12. The number of allylic oxidation sites excluding steroid dienone is 1. The van der Waals surface area contributed by atoms with Crippen molar-refractivity contribution in [2.24, 2.45) is 5.92 Å². The Morgan fingerprint density at radius 1 is 1.11 bits per heavy atom. The molecule has 2 aliphatic rings. The molecule has 0 atom stereocenters. The fraction of sp³-hybridized carbons (Fsp3) is 0.400. The van der Waals surface area contributed by atoms with Crippen molar-refractivity contribution in [3.63, 3.8) is 0 Å². The Morgan fingerprint density at radius 2 is 1.95 bits per heavy atom. The number of aromatic amines is 2. The zero-order valence-electron chi connectivity index (χ0n) is 22.4. The lowest BCUT2D eigenvalue weighted by Crippen LogP contribution is -2.29. The van der Waals surface area contributed by atoms with Crippen LogP contribution >= 0.6 is 0 Å². The highest BCUT2D eigenvalue weighted by molar-refractivity contribution is 5.94. The quantitative estimate of drug-likeness (QED) is 0.298. The number of benzene rings is 1. The monoisotopic (exact) mass is 509 g/mol. The number of anilines is 1. The van der Waals surface area contributed by atoms with E-state index in [0.29, 0.717) is 5.65 Å². The van der Waals surface area contributed by atoms with E-state index in [0.717, 1.165) is 77.3 Å². The second-order valence-corrected chi connectivity index (χ2v) is 10.7. The highest BCUT2D eigenvalue weighted by Gasteiger charge is 2.25. The molecule has 6 rings (SSSR count). The lowest BCUT2D eigenvalue weighted by molar-refractivity contribution is -0.118. The number of carbonyl (C=O) groups excluding carboxylic acids is 1. The van der Waals surface area contributed by atoms with Gasteiger partial charge in [-0.3, -0.25) is 9.89 Å². The van der Waals surface area contributed by atoms with Crippen molar-refractivity contribution in [3.05, 3.63) is 53.5 Å². The van der Waals surface area contributed by atoms with Gasteiger partial charge in [-0.1, -0.05) is 32.9 Å². The van der Waals surface area contributed by atoms with E-state index in [9.17, 15) is 4.79 Å². The van der Waals surface area contributed by atoms with Gasteiger partial charge in [0.05, 0.1) is 11.1 Å². The molecule has 196 valence electrons. The SMILES string of the molecule is CCc1cc(NC(=O)C(C)C)cc(-c2cnc3n[nH]c(-c4nc5c([nH]4)CCC=C5N4CCCCC4)c3c2)c1. The third kappa shape index (κ3) is 4.59. The number of fused-ring (bicyclic) bond motifs is 2. The van der Waals surface area contributed by atoms with E-state index >= 15 is 0 Å². The number of nitrogens with one attached hydrogen (secondary N) is 3. The minimum Gasteiger partial charge on any atom is -0.370 e. The van der Waals surface area contributed by atoms with Crippen molar-refractivity contribution in [3.8, 4) is 22.6 Å². The summed E-state index contributed by atoms with van der Waals surface area (Å²) in [5, 5.41) is 11.6. The van der Waals surface area contributed by atoms with Crippen LogP contribution in [0.25, 0.3) is 39.4 Å². The zero-order chi connectivity index (χ0) is 26.2. The van der Waals surface area contributed by atoms with Gasteiger partial charge in [0.25, 0.3) is 0 Å². The number of piperidine rings is 1. The summed E-state index contributed by atoms with van der Waals surface area (Å²) in [7, 11) is 0. The van der Waals surface area contributed by atoms with Crippen LogP contribution < -0.4 is 5.32 Å². The fourth-order valence-electron chi connectivity index (χ4n) is 5.44. The number of hydrogen-bond acceptors (Lipinski definition) is 5. The lowest BCUT2D eigenvalue weighted by atomic mass is 10.0. The molecular formula is C30H35N7O. The molecule has 3 N–H and O–H groups in total. The molecule has 1 fully saturated rings. The molecule has 3 aromatic heterocycles. The average Bonchev–Trinajstić information content (AvgIpc) is 3.56. The predicted octanol–water partition coefficient (Wildman–Crippen LogP) is 5.94. The molecule has 4 aromatic rings. The third-order valence-electron chi connectivity index (χ3n) is 7.62. The molecule has 8 nitrogen and oxygen atoms in total. The second-order valence-electron chi connectivity index (χ2n) is 10.7. The van der Waals surface area contributed by atoms with Crippen LogP contribution in [0.2, 0.25) is 0 Å². The molecule has 0 unspecified atom stereocenters. The first-order valence-corrected chi connectivity index (χ1v) is 13.8. The molecule has 1 aliphatic carbocycles. The van der Waals surface area contributed by atoms with E-state index in [1.807, 2.05) is 32.2 Å². The minimum atomic E-state index is -0.0837. The first-order valence-electron chi connectivity index (χ1n) is 13.8. The van der Waals surface area contributed by atoms with Crippen LogP contribution in [0, 0.1) is 5.92 Å². The Balaban J connectivity index is 1.37. The molecule has 0 spiro atoms. The van der Waals surface area contributed by atoms with Gasteiger partial charge in [0.1, 0.15) is 11.4 Å². The minimum absolute atomic E-state index is 0.00894. The van der Waals surface area contributed by atoms with E-state index in [-0.39, 0.29) is 11.8 Å². The first kappa shape index (κ1) is 24.4. The Kier molecular flexibility index (Phi) is 6.47. The molecule has 0 saturated carbocycles. The molecule has 1 saturated heterocycles. The van der Waals surface area contributed by atoms with Crippen LogP contribution in [0.1, 0.15) is 63.4 Å². The summed E-state index contributed by atoms with van der Waals surface area (Å²) in [6.07, 6.45) is 10.8. The Morgan fingerprint density at radius 3 is 2.74 bits per heavy atom. The third-order valence-corrected chi connectivity index (χ3v) is 7.62. The van der Waals surface area contributed by atoms with Crippen LogP contribution in [0.5, 0.6) is 0 Å². The van der Waals surface area contributed by atoms with Gasteiger partial charge in [-0.15, -0.1) is 0 Å². The number of likely N-dealkylation sites (tertiary alicyclic amines) is 1. The van der Waals surface area contributed by atoms with Crippen molar-refractivity contribution in [2.45, 2.75) is 59.3 Å². The number of H-pyrrole nitrogens is 2. The molecule has 4 heterocycles. The summed E-state index contributed by atoms with van der Waals surface area (Å²) in [5.74, 6) is 0.725.